The van der Waals surface area contributed by atoms with Crippen LogP contribution in [0.1, 0.15) is 55.0 Å². The van der Waals surface area contributed by atoms with E-state index in [1.807, 2.05) is 18.2 Å². The second-order valence-corrected chi connectivity index (χ2v) is 10.4. The minimum absolute atomic E-state index is 0.0649. The fourth-order valence-electron chi connectivity index (χ4n) is 4.72. The van der Waals surface area contributed by atoms with Gasteiger partial charge in [-0.1, -0.05) is 61.2 Å². The first-order chi connectivity index (χ1) is 18.4. The lowest BCUT2D eigenvalue weighted by Gasteiger charge is -2.22. The van der Waals surface area contributed by atoms with Crippen molar-refractivity contribution in [3.63, 3.8) is 0 Å². The summed E-state index contributed by atoms with van der Waals surface area (Å²) < 4.78 is 7.53. The molecule has 0 spiro atoms. The molecule has 1 aromatic heterocycles. The number of halogens is 2. The van der Waals surface area contributed by atoms with Crippen LogP contribution in [0.25, 0.3) is 10.9 Å². The van der Waals surface area contributed by atoms with Gasteiger partial charge in [0.2, 0.25) is 5.75 Å². The third-order valence-corrected chi connectivity index (χ3v) is 7.60. The number of nitrogens with zero attached hydrogens (tertiary/aromatic N) is 4. The average molecular weight is 596 g/mol. The second-order valence-electron chi connectivity index (χ2n) is 9.17. The van der Waals surface area contributed by atoms with Crippen molar-refractivity contribution in [2.45, 2.75) is 44.6 Å². The quantitative estimate of drug-likeness (QED) is 0.127. The molecule has 4 aromatic rings. The fraction of sp³-hybridized carbons (Fsp3) is 0.250. The van der Waals surface area contributed by atoms with Crippen molar-refractivity contribution in [2.75, 3.05) is 0 Å². The number of para-hydroxylation sites is 1. The Labute approximate surface area is 232 Å². The van der Waals surface area contributed by atoms with Crippen molar-refractivity contribution < 1.29 is 9.66 Å². The molecule has 8 nitrogen and oxygen atoms in total. The molecule has 3 aromatic carbocycles. The van der Waals surface area contributed by atoms with Gasteiger partial charge in [0.25, 0.3) is 5.56 Å². The number of fused-ring (bicyclic) bond motifs is 1. The Balaban J connectivity index is 1.52. The Morgan fingerprint density at radius 1 is 1.13 bits per heavy atom. The maximum Gasteiger partial charge on any atom is 0.312 e. The van der Waals surface area contributed by atoms with Gasteiger partial charge in [0.1, 0.15) is 12.4 Å². The molecular formula is C28H24BrClN4O4. The molecule has 0 unspecified atom stereocenters. The molecule has 194 valence electrons. The average Bonchev–Trinajstić information content (AvgIpc) is 2.93. The predicted molar refractivity (Wildman–Crippen MR) is 151 cm³/mol. The molecule has 0 amide bonds. The number of nitro benzene ring substituents is 1. The standard InChI is InChI=1S/C28H24BrClN4O4/c29-22-14-18(15-25(34(36)37)26(22)38-17-20-10-4-6-12-23(20)30)16-31-33-27(19-8-2-1-3-9-19)32-24-13-7-5-11-21(24)28(33)35/h4-7,10-16,19H,1-3,8-9,17H2. The minimum Gasteiger partial charge on any atom is -0.481 e. The molecule has 1 saturated carbocycles. The Morgan fingerprint density at radius 2 is 1.87 bits per heavy atom. The molecule has 38 heavy (non-hydrogen) atoms. The van der Waals surface area contributed by atoms with Crippen molar-refractivity contribution in [2.24, 2.45) is 5.10 Å². The van der Waals surface area contributed by atoms with E-state index in [0.29, 0.717) is 37.3 Å². The highest BCUT2D eigenvalue weighted by molar-refractivity contribution is 9.10. The van der Waals surface area contributed by atoms with Crippen LogP contribution in [-0.4, -0.2) is 20.8 Å². The van der Waals surface area contributed by atoms with Crippen LogP contribution in [0, 0.1) is 10.1 Å². The second kappa shape index (κ2) is 11.4. The highest BCUT2D eigenvalue weighted by Gasteiger charge is 2.23. The van der Waals surface area contributed by atoms with Crippen LogP contribution in [0.3, 0.4) is 0 Å². The molecule has 0 atom stereocenters. The first-order valence-corrected chi connectivity index (χ1v) is 13.5. The summed E-state index contributed by atoms with van der Waals surface area (Å²) in [7, 11) is 0. The molecule has 1 heterocycles. The summed E-state index contributed by atoms with van der Waals surface area (Å²) >= 11 is 9.60. The summed E-state index contributed by atoms with van der Waals surface area (Å²) in [4.78, 5) is 29.6. The van der Waals surface area contributed by atoms with Gasteiger partial charge in [-0.2, -0.15) is 9.78 Å². The van der Waals surface area contributed by atoms with Crippen LogP contribution in [0.15, 0.2) is 75.0 Å². The topological polar surface area (TPSA) is 99.6 Å². The van der Waals surface area contributed by atoms with E-state index in [0.717, 1.165) is 25.7 Å². The summed E-state index contributed by atoms with van der Waals surface area (Å²) in [5.41, 5.74) is 1.29. The summed E-state index contributed by atoms with van der Waals surface area (Å²) in [6, 6.07) is 17.4. The van der Waals surface area contributed by atoms with Gasteiger partial charge in [-0.15, -0.1) is 0 Å². The minimum atomic E-state index is -0.513. The number of ether oxygens (including phenoxy) is 1. The normalized spacial score (nSPS) is 14.3. The highest BCUT2D eigenvalue weighted by atomic mass is 79.9. The van der Waals surface area contributed by atoms with Crippen LogP contribution < -0.4 is 10.3 Å². The van der Waals surface area contributed by atoms with E-state index >= 15 is 0 Å². The molecule has 1 aliphatic rings. The van der Waals surface area contributed by atoms with Gasteiger partial charge in [0, 0.05) is 28.1 Å². The zero-order valence-electron chi connectivity index (χ0n) is 20.3. The first kappa shape index (κ1) is 26.1. The van der Waals surface area contributed by atoms with Crippen LogP contribution in [-0.2, 0) is 6.61 Å². The van der Waals surface area contributed by atoms with Crippen molar-refractivity contribution >= 4 is 50.3 Å². The van der Waals surface area contributed by atoms with Crippen LogP contribution in [0.2, 0.25) is 5.02 Å². The maximum absolute atomic E-state index is 13.4. The Bertz CT molecular complexity index is 1600. The third-order valence-electron chi connectivity index (χ3n) is 6.64. The zero-order valence-corrected chi connectivity index (χ0v) is 22.7. The van der Waals surface area contributed by atoms with Crippen LogP contribution in [0.4, 0.5) is 5.69 Å². The molecule has 5 rings (SSSR count). The summed E-state index contributed by atoms with van der Waals surface area (Å²) in [5, 5.41) is 17.4. The largest absolute Gasteiger partial charge is 0.481 e. The van der Waals surface area contributed by atoms with Crippen molar-refractivity contribution in [3.05, 3.63) is 108 Å². The van der Waals surface area contributed by atoms with Crippen LogP contribution in [0.5, 0.6) is 5.75 Å². The molecule has 0 radical (unpaired) electrons. The number of hydrogen-bond donors (Lipinski definition) is 0. The molecule has 0 N–H and O–H groups in total. The molecule has 0 bridgehead atoms. The van der Waals surface area contributed by atoms with Crippen molar-refractivity contribution in [1.82, 2.24) is 9.66 Å². The van der Waals surface area contributed by atoms with Gasteiger partial charge in [-0.3, -0.25) is 14.9 Å². The monoisotopic (exact) mass is 594 g/mol. The van der Waals surface area contributed by atoms with Gasteiger partial charge < -0.3 is 4.74 Å². The lowest BCUT2D eigenvalue weighted by atomic mass is 9.88. The summed E-state index contributed by atoms with van der Waals surface area (Å²) in [6.07, 6.45) is 6.64. The zero-order chi connectivity index (χ0) is 26.6. The van der Waals surface area contributed by atoms with Crippen LogP contribution >= 0.6 is 27.5 Å². The number of benzene rings is 3. The van der Waals surface area contributed by atoms with Crippen molar-refractivity contribution in [3.8, 4) is 5.75 Å². The lowest BCUT2D eigenvalue weighted by Crippen LogP contribution is -2.25. The number of aromatic nitrogens is 2. The van der Waals surface area contributed by atoms with E-state index in [-0.39, 0.29) is 29.5 Å². The van der Waals surface area contributed by atoms with Gasteiger partial charge in [-0.25, -0.2) is 4.98 Å². The van der Waals surface area contributed by atoms with E-state index < -0.39 is 4.92 Å². The van der Waals surface area contributed by atoms with Gasteiger partial charge in [0.05, 0.1) is 26.5 Å². The van der Waals surface area contributed by atoms with E-state index in [2.05, 4.69) is 21.0 Å². The Morgan fingerprint density at radius 3 is 2.63 bits per heavy atom. The van der Waals surface area contributed by atoms with Crippen molar-refractivity contribution in [1.29, 1.82) is 0 Å². The molecule has 0 saturated heterocycles. The SMILES string of the molecule is O=c1c2ccccc2nc(C2CCCCC2)n1N=Cc1cc(Br)c(OCc2ccccc2Cl)c([N+](=O)[O-])c1. The molecule has 1 aliphatic carbocycles. The Kier molecular flexibility index (Phi) is 7.85. The molecule has 1 fully saturated rings. The van der Waals surface area contributed by atoms with E-state index in [1.165, 1.54) is 23.4 Å². The molecule has 0 aliphatic heterocycles. The van der Waals surface area contributed by atoms with Gasteiger partial charge in [0.15, 0.2) is 0 Å². The molecule has 10 heteroatoms. The highest BCUT2D eigenvalue weighted by Crippen LogP contribution is 2.37. The fourth-order valence-corrected chi connectivity index (χ4v) is 5.49. The third kappa shape index (κ3) is 5.49. The Hall–Kier alpha value is -3.56. The van der Waals surface area contributed by atoms with Gasteiger partial charge >= 0.3 is 5.69 Å². The number of rotatable bonds is 7. The summed E-state index contributed by atoms with van der Waals surface area (Å²) in [6.45, 7) is 0.0649. The van der Waals surface area contributed by atoms with E-state index in [4.69, 9.17) is 21.3 Å². The predicted octanol–water partition coefficient (Wildman–Crippen LogP) is 7.23. The summed E-state index contributed by atoms with van der Waals surface area (Å²) in [5.74, 6) is 0.831. The lowest BCUT2D eigenvalue weighted by molar-refractivity contribution is -0.386. The molecular weight excluding hydrogens is 572 g/mol. The maximum atomic E-state index is 13.4. The number of nitro groups is 1. The number of hydrogen-bond acceptors (Lipinski definition) is 6. The smallest absolute Gasteiger partial charge is 0.312 e. The van der Waals surface area contributed by atoms with Gasteiger partial charge in [-0.05, 0) is 53.0 Å². The first-order valence-electron chi connectivity index (χ1n) is 12.3. The van der Waals surface area contributed by atoms with E-state index in [9.17, 15) is 14.9 Å². The van der Waals surface area contributed by atoms with E-state index in [1.54, 1.807) is 36.4 Å².